The van der Waals surface area contributed by atoms with Crippen LogP contribution in [-0.4, -0.2) is 20.7 Å². The number of amides is 1. The molecule has 1 aliphatic rings. The Kier molecular flexibility index (Phi) is 3.34. The Morgan fingerprint density at radius 3 is 3.13 bits per heavy atom. The van der Waals surface area contributed by atoms with Crippen molar-refractivity contribution in [1.29, 1.82) is 0 Å². The number of nitrogens with zero attached hydrogens (tertiary/aromatic N) is 3. The second kappa shape index (κ2) is 5.38. The molecule has 1 amide bonds. The summed E-state index contributed by atoms with van der Waals surface area (Å²) in [6, 6.07) is 5.48. The van der Waals surface area contributed by atoms with E-state index in [1.165, 1.54) is 0 Å². The summed E-state index contributed by atoms with van der Waals surface area (Å²) in [6.07, 6.45) is 2.02. The van der Waals surface area contributed by atoms with E-state index >= 15 is 0 Å². The number of benzene rings is 1. The van der Waals surface area contributed by atoms with Crippen molar-refractivity contribution in [2.45, 2.75) is 32.9 Å². The van der Waals surface area contributed by atoms with Crippen LogP contribution in [-0.2, 0) is 19.5 Å². The fraction of sp³-hybridized carbons (Fsp3) is 0.312. The van der Waals surface area contributed by atoms with Crippen LogP contribution in [0.15, 0.2) is 22.6 Å². The zero-order chi connectivity index (χ0) is 16.0. The maximum atomic E-state index is 12.4. The third-order valence-electron chi connectivity index (χ3n) is 4.22. The van der Waals surface area contributed by atoms with Crippen molar-refractivity contribution in [3.8, 4) is 0 Å². The molecule has 7 heteroatoms. The van der Waals surface area contributed by atoms with Gasteiger partial charge in [0.05, 0.1) is 11.6 Å². The van der Waals surface area contributed by atoms with E-state index in [-0.39, 0.29) is 11.7 Å². The fourth-order valence-corrected chi connectivity index (χ4v) is 3.22. The topological polar surface area (TPSA) is 73.0 Å². The first-order valence-corrected chi connectivity index (χ1v) is 7.89. The molecule has 0 spiro atoms. The second-order valence-electron chi connectivity index (χ2n) is 5.64. The van der Waals surface area contributed by atoms with E-state index < -0.39 is 0 Å². The molecule has 0 aliphatic carbocycles. The van der Waals surface area contributed by atoms with Gasteiger partial charge in [-0.1, -0.05) is 23.7 Å². The number of fused-ring (bicyclic) bond motifs is 2. The number of para-hydroxylation sites is 1. The highest BCUT2D eigenvalue weighted by molar-refractivity contribution is 6.35. The van der Waals surface area contributed by atoms with Gasteiger partial charge >= 0.3 is 0 Å². The van der Waals surface area contributed by atoms with Crippen molar-refractivity contribution in [3.63, 3.8) is 0 Å². The maximum Gasteiger partial charge on any atom is 0.287 e. The molecule has 0 bridgehead atoms. The minimum absolute atomic E-state index is 0.273. The Labute approximate surface area is 137 Å². The number of nitrogens with one attached hydrogen (secondary N) is 1. The van der Waals surface area contributed by atoms with Crippen LogP contribution in [0.25, 0.3) is 11.0 Å². The molecule has 23 heavy (non-hydrogen) atoms. The fourth-order valence-electron chi connectivity index (χ4n) is 3.01. The van der Waals surface area contributed by atoms with Crippen LogP contribution >= 0.6 is 11.6 Å². The highest BCUT2D eigenvalue weighted by Gasteiger charge is 2.21. The Hall–Kier alpha value is -2.34. The quantitative estimate of drug-likeness (QED) is 0.801. The average molecular weight is 331 g/mol. The first-order valence-electron chi connectivity index (χ1n) is 7.52. The predicted octanol–water partition coefficient (Wildman–Crippen LogP) is 2.86. The molecule has 0 fully saturated rings. The van der Waals surface area contributed by atoms with Crippen LogP contribution in [0.4, 0.5) is 0 Å². The number of aromatic nitrogens is 3. The van der Waals surface area contributed by atoms with Crippen molar-refractivity contribution >= 4 is 28.5 Å². The molecule has 0 saturated heterocycles. The van der Waals surface area contributed by atoms with E-state index in [0.717, 1.165) is 42.0 Å². The molecule has 0 atom stereocenters. The minimum atomic E-state index is -0.273. The molecule has 0 radical (unpaired) electrons. The highest BCUT2D eigenvalue weighted by Crippen LogP contribution is 2.30. The van der Waals surface area contributed by atoms with Gasteiger partial charge < -0.3 is 14.3 Å². The molecule has 6 nitrogen and oxygen atoms in total. The molecule has 4 rings (SSSR count). The standard InChI is InChI=1S/C16H15ClN4O2/c1-9-10-4-2-5-11(17)15(10)23-14(9)16(22)18-8-13-20-19-12-6-3-7-21(12)13/h2,4-5H,3,6-8H2,1H3,(H,18,22). The summed E-state index contributed by atoms with van der Waals surface area (Å²) >= 11 is 6.12. The van der Waals surface area contributed by atoms with Crippen molar-refractivity contribution in [2.24, 2.45) is 0 Å². The lowest BCUT2D eigenvalue weighted by Gasteiger charge is -2.04. The van der Waals surface area contributed by atoms with Crippen LogP contribution in [0.1, 0.15) is 34.2 Å². The van der Waals surface area contributed by atoms with Gasteiger partial charge in [0.1, 0.15) is 5.82 Å². The Balaban J connectivity index is 1.57. The number of aryl methyl sites for hydroxylation is 2. The van der Waals surface area contributed by atoms with Crippen LogP contribution in [0.5, 0.6) is 0 Å². The Morgan fingerprint density at radius 2 is 2.30 bits per heavy atom. The monoisotopic (exact) mass is 330 g/mol. The van der Waals surface area contributed by atoms with Crippen LogP contribution in [0.2, 0.25) is 5.02 Å². The number of carbonyl (C=O) groups is 1. The Morgan fingerprint density at radius 1 is 1.43 bits per heavy atom. The average Bonchev–Trinajstić information content (AvgIpc) is 3.21. The summed E-state index contributed by atoms with van der Waals surface area (Å²) in [5.41, 5.74) is 1.33. The largest absolute Gasteiger partial charge is 0.449 e. The normalized spacial score (nSPS) is 13.5. The molecule has 2 aromatic heterocycles. The van der Waals surface area contributed by atoms with Crippen molar-refractivity contribution in [1.82, 2.24) is 20.1 Å². The second-order valence-corrected chi connectivity index (χ2v) is 6.05. The van der Waals surface area contributed by atoms with Crippen molar-refractivity contribution in [2.75, 3.05) is 0 Å². The van der Waals surface area contributed by atoms with Gasteiger partial charge in [-0.05, 0) is 19.4 Å². The van der Waals surface area contributed by atoms with Gasteiger partial charge in [-0.15, -0.1) is 10.2 Å². The summed E-state index contributed by atoms with van der Waals surface area (Å²) in [5, 5.41) is 12.5. The van der Waals surface area contributed by atoms with E-state index in [1.54, 1.807) is 6.07 Å². The number of rotatable bonds is 3. The van der Waals surface area contributed by atoms with Gasteiger partial charge in [-0.25, -0.2) is 0 Å². The number of carbonyl (C=O) groups excluding carboxylic acids is 1. The number of hydrogen-bond acceptors (Lipinski definition) is 4. The zero-order valence-corrected chi connectivity index (χ0v) is 13.4. The van der Waals surface area contributed by atoms with Gasteiger partial charge in [0.25, 0.3) is 5.91 Å². The molecule has 0 saturated carbocycles. The van der Waals surface area contributed by atoms with Gasteiger partial charge in [-0.2, -0.15) is 0 Å². The molecular formula is C16H15ClN4O2. The minimum Gasteiger partial charge on any atom is -0.449 e. The summed E-state index contributed by atoms with van der Waals surface area (Å²) in [5.74, 6) is 1.78. The zero-order valence-electron chi connectivity index (χ0n) is 12.6. The van der Waals surface area contributed by atoms with Gasteiger partial charge in [0, 0.05) is 23.9 Å². The van der Waals surface area contributed by atoms with E-state index in [9.17, 15) is 4.79 Å². The first-order chi connectivity index (χ1) is 11.1. The molecule has 0 unspecified atom stereocenters. The molecule has 1 N–H and O–H groups in total. The van der Waals surface area contributed by atoms with E-state index in [2.05, 4.69) is 20.1 Å². The summed E-state index contributed by atoms with van der Waals surface area (Å²) in [6.45, 7) is 3.09. The third kappa shape index (κ3) is 2.30. The first kappa shape index (κ1) is 14.3. The smallest absolute Gasteiger partial charge is 0.287 e. The molecule has 1 aliphatic heterocycles. The molecule has 3 aromatic rings. The van der Waals surface area contributed by atoms with Crippen molar-refractivity contribution < 1.29 is 9.21 Å². The van der Waals surface area contributed by atoms with Crippen LogP contribution in [0, 0.1) is 6.92 Å². The van der Waals surface area contributed by atoms with Crippen LogP contribution in [0.3, 0.4) is 0 Å². The molecule has 1 aromatic carbocycles. The maximum absolute atomic E-state index is 12.4. The molecule has 3 heterocycles. The SMILES string of the molecule is Cc1c(C(=O)NCc2nnc3n2CCC3)oc2c(Cl)cccc12. The summed E-state index contributed by atoms with van der Waals surface area (Å²) < 4.78 is 7.73. The van der Waals surface area contributed by atoms with Gasteiger partial charge in [0.2, 0.25) is 0 Å². The summed E-state index contributed by atoms with van der Waals surface area (Å²) in [4.78, 5) is 12.4. The lowest BCUT2D eigenvalue weighted by molar-refractivity contribution is 0.0923. The van der Waals surface area contributed by atoms with E-state index in [1.807, 2.05) is 19.1 Å². The van der Waals surface area contributed by atoms with Gasteiger partial charge in [-0.3, -0.25) is 4.79 Å². The number of halogens is 1. The molecular weight excluding hydrogens is 316 g/mol. The van der Waals surface area contributed by atoms with Crippen molar-refractivity contribution in [3.05, 3.63) is 46.2 Å². The third-order valence-corrected chi connectivity index (χ3v) is 4.51. The number of furan rings is 1. The number of hydrogen-bond donors (Lipinski definition) is 1. The van der Waals surface area contributed by atoms with Crippen LogP contribution < -0.4 is 5.32 Å². The van der Waals surface area contributed by atoms with E-state index in [4.69, 9.17) is 16.0 Å². The molecule has 118 valence electrons. The highest BCUT2D eigenvalue weighted by atomic mass is 35.5. The Bertz CT molecular complexity index is 912. The summed E-state index contributed by atoms with van der Waals surface area (Å²) in [7, 11) is 0. The predicted molar refractivity (Wildman–Crippen MR) is 85.5 cm³/mol. The van der Waals surface area contributed by atoms with E-state index in [0.29, 0.717) is 17.2 Å². The van der Waals surface area contributed by atoms with Gasteiger partial charge in [0.15, 0.2) is 17.2 Å². The lowest BCUT2D eigenvalue weighted by Crippen LogP contribution is -2.24. The lowest BCUT2D eigenvalue weighted by atomic mass is 10.1.